The number of rotatable bonds is 0. The summed E-state index contributed by atoms with van der Waals surface area (Å²) in [7, 11) is 0. The summed E-state index contributed by atoms with van der Waals surface area (Å²) in [5, 5.41) is 9.15. The third-order valence-corrected chi connectivity index (χ3v) is 4.03. The summed E-state index contributed by atoms with van der Waals surface area (Å²) < 4.78 is 0. The molecule has 5 nitrogen and oxygen atoms in total. The lowest BCUT2D eigenvalue weighted by atomic mass is 9.75. The van der Waals surface area contributed by atoms with Crippen LogP contribution in [0.15, 0.2) is 0 Å². The van der Waals surface area contributed by atoms with Gasteiger partial charge in [-0.15, -0.1) is 0 Å². The molecule has 3 saturated heterocycles. The molecule has 3 heterocycles. The molecule has 2 unspecified atom stereocenters. The first-order valence-electron chi connectivity index (χ1n) is 5.53. The van der Waals surface area contributed by atoms with E-state index in [4.69, 9.17) is 0 Å². The third kappa shape index (κ3) is 1.16. The maximum atomic E-state index is 11.7. The fraction of sp³-hybridized carbons (Fsp3) is 0.800. The molecule has 1 spiro atoms. The fourth-order valence-corrected chi connectivity index (χ4v) is 3.26. The Morgan fingerprint density at radius 3 is 2.60 bits per heavy atom. The normalized spacial score (nSPS) is 38.1. The van der Waals surface area contributed by atoms with Gasteiger partial charge in [-0.1, -0.05) is 0 Å². The number of fused-ring (bicyclic) bond motifs is 2. The van der Waals surface area contributed by atoms with E-state index in [9.17, 15) is 9.59 Å². The smallest absolute Gasteiger partial charge is 0.232 e. The van der Waals surface area contributed by atoms with Crippen LogP contribution in [0.5, 0.6) is 0 Å². The largest absolute Gasteiger partial charge is 0.317 e. The van der Waals surface area contributed by atoms with Gasteiger partial charge in [0.25, 0.3) is 0 Å². The second kappa shape index (κ2) is 3.02. The van der Waals surface area contributed by atoms with Crippen LogP contribution < -0.4 is 16.0 Å². The van der Waals surface area contributed by atoms with Gasteiger partial charge in [0.15, 0.2) is 0 Å². The predicted octanol–water partition coefficient (Wildman–Crippen LogP) is -1.40. The molecule has 3 fully saturated rings. The molecule has 5 heteroatoms. The zero-order valence-electron chi connectivity index (χ0n) is 8.51. The van der Waals surface area contributed by atoms with Gasteiger partial charge in [-0.25, -0.2) is 0 Å². The summed E-state index contributed by atoms with van der Waals surface area (Å²) in [5.74, 6) is -0.424. The molecule has 3 aliphatic heterocycles. The van der Waals surface area contributed by atoms with Gasteiger partial charge in [0, 0.05) is 12.1 Å². The van der Waals surface area contributed by atoms with Crippen molar-refractivity contribution in [1.82, 2.24) is 16.0 Å². The molecule has 0 bridgehead atoms. The molecule has 2 amide bonds. The number of nitrogens with one attached hydrogen (secondary N) is 3. The molecule has 0 aliphatic carbocycles. The highest BCUT2D eigenvalue weighted by Crippen LogP contribution is 2.40. The van der Waals surface area contributed by atoms with Gasteiger partial charge < -0.3 is 10.6 Å². The molecule has 3 rings (SSSR count). The molecule has 2 atom stereocenters. The maximum absolute atomic E-state index is 11.7. The van der Waals surface area contributed by atoms with Crippen molar-refractivity contribution in [3.05, 3.63) is 0 Å². The quantitative estimate of drug-likeness (QED) is 0.429. The van der Waals surface area contributed by atoms with E-state index in [2.05, 4.69) is 16.0 Å². The van der Waals surface area contributed by atoms with Gasteiger partial charge in [-0.3, -0.25) is 14.9 Å². The van der Waals surface area contributed by atoms with E-state index in [1.807, 2.05) is 0 Å². The van der Waals surface area contributed by atoms with Gasteiger partial charge in [0.05, 0.1) is 11.8 Å². The number of carbonyl (C=O) groups is 2. The Labute approximate surface area is 88.0 Å². The van der Waals surface area contributed by atoms with Crippen LogP contribution in [0.1, 0.15) is 12.8 Å². The minimum absolute atomic E-state index is 0.0723. The van der Waals surface area contributed by atoms with Crippen LogP contribution in [-0.4, -0.2) is 37.0 Å². The van der Waals surface area contributed by atoms with E-state index in [0.29, 0.717) is 6.54 Å². The summed E-state index contributed by atoms with van der Waals surface area (Å²) in [6.45, 7) is 2.51. The molecule has 3 aliphatic rings. The molecule has 82 valence electrons. The van der Waals surface area contributed by atoms with Crippen molar-refractivity contribution in [3.8, 4) is 0 Å². The van der Waals surface area contributed by atoms with Crippen LogP contribution in [-0.2, 0) is 9.59 Å². The molecule has 0 radical (unpaired) electrons. The molecule has 15 heavy (non-hydrogen) atoms. The SMILES string of the molecule is O=C1NC(=O)C2C1CNC21CCNCC1. The minimum Gasteiger partial charge on any atom is -0.317 e. The lowest BCUT2D eigenvalue weighted by Crippen LogP contribution is -2.54. The Balaban J connectivity index is 1.92. The average molecular weight is 209 g/mol. The first-order chi connectivity index (χ1) is 7.23. The lowest BCUT2D eigenvalue weighted by Gasteiger charge is -2.37. The standard InChI is InChI=1S/C10H15N3O2/c14-8-6-5-12-10(1-3-11-4-2-10)7(6)9(15)13-8/h6-7,11-12H,1-5H2,(H,13,14,15). The lowest BCUT2D eigenvalue weighted by molar-refractivity contribution is -0.127. The zero-order chi connectivity index (χ0) is 10.5. The highest BCUT2D eigenvalue weighted by molar-refractivity contribution is 6.06. The second-order valence-corrected chi connectivity index (χ2v) is 4.72. The average Bonchev–Trinajstić information content (AvgIpc) is 2.71. The predicted molar refractivity (Wildman–Crippen MR) is 53.0 cm³/mol. The summed E-state index contributed by atoms with van der Waals surface area (Å²) in [4.78, 5) is 23.3. The molecule has 0 aromatic rings. The summed E-state index contributed by atoms with van der Waals surface area (Å²) >= 11 is 0. The molecular formula is C10H15N3O2. The van der Waals surface area contributed by atoms with E-state index >= 15 is 0 Å². The fourth-order valence-electron chi connectivity index (χ4n) is 3.26. The zero-order valence-corrected chi connectivity index (χ0v) is 8.51. The Morgan fingerprint density at radius 1 is 1.13 bits per heavy atom. The first kappa shape index (κ1) is 9.30. The van der Waals surface area contributed by atoms with E-state index < -0.39 is 0 Å². The number of hydrogen-bond acceptors (Lipinski definition) is 4. The highest BCUT2D eigenvalue weighted by atomic mass is 16.2. The number of carbonyl (C=O) groups excluding carboxylic acids is 2. The van der Waals surface area contributed by atoms with E-state index in [1.54, 1.807) is 0 Å². The van der Waals surface area contributed by atoms with Gasteiger partial charge >= 0.3 is 0 Å². The molecule has 3 N–H and O–H groups in total. The molecular weight excluding hydrogens is 194 g/mol. The van der Waals surface area contributed by atoms with Gasteiger partial charge in [-0.05, 0) is 25.9 Å². The summed E-state index contributed by atoms with van der Waals surface area (Å²) in [6, 6.07) is 0. The van der Waals surface area contributed by atoms with E-state index in [0.717, 1.165) is 25.9 Å². The Morgan fingerprint density at radius 2 is 1.87 bits per heavy atom. The summed E-state index contributed by atoms with van der Waals surface area (Å²) in [5.41, 5.74) is -0.119. The minimum atomic E-state index is -0.132. The molecule has 0 aromatic carbocycles. The monoisotopic (exact) mass is 209 g/mol. The maximum Gasteiger partial charge on any atom is 0.232 e. The van der Waals surface area contributed by atoms with Crippen molar-refractivity contribution in [2.24, 2.45) is 11.8 Å². The highest BCUT2D eigenvalue weighted by Gasteiger charge is 2.58. The van der Waals surface area contributed by atoms with Crippen molar-refractivity contribution >= 4 is 11.8 Å². The van der Waals surface area contributed by atoms with Crippen molar-refractivity contribution in [2.45, 2.75) is 18.4 Å². The van der Waals surface area contributed by atoms with Crippen molar-refractivity contribution in [2.75, 3.05) is 19.6 Å². The summed E-state index contributed by atoms with van der Waals surface area (Å²) in [6.07, 6.45) is 1.88. The van der Waals surface area contributed by atoms with Gasteiger partial charge in [-0.2, -0.15) is 0 Å². The van der Waals surface area contributed by atoms with Crippen molar-refractivity contribution in [3.63, 3.8) is 0 Å². The van der Waals surface area contributed by atoms with Gasteiger partial charge in [0.1, 0.15) is 0 Å². The van der Waals surface area contributed by atoms with E-state index in [1.165, 1.54) is 0 Å². The molecule has 0 saturated carbocycles. The molecule has 0 aromatic heterocycles. The number of amides is 2. The van der Waals surface area contributed by atoms with Crippen LogP contribution in [0.2, 0.25) is 0 Å². The number of hydrogen-bond donors (Lipinski definition) is 3. The Kier molecular flexibility index (Phi) is 1.87. The van der Waals surface area contributed by atoms with Crippen LogP contribution in [0.3, 0.4) is 0 Å². The van der Waals surface area contributed by atoms with Crippen LogP contribution in [0, 0.1) is 11.8 Å². The van der Waals surface area contributed by atoms with Crippen LogP contribution >= 0.6 is 0 Å². The number of piperidine rings is 1. The van der Waals surface area contributed by atoms with Crippen molar-refractivity contribution < 1.29 is 9.59 Å². The third-order valence-electron chi connectivity index (χ3n) is 4.03. The second-order valence-electron chi connectivity index (χ2n) is 4.72. The Bertz CT molecular complexity index is 323. The van der Waals surface area contributed by atoms with Crippen LogP contribution in [0.4, 0.5) is 0 Å². The van der Waals surface area contributed by atoms with Crippen LogP contribution in [0.25, 0.3) is 0 Å². The van der Waals surface area contributed by atoms with E-state index in [-0.39, 0.29) is 29.2 Å². The number of imide groups is 1. The first-order valence-corrected chi connectivity index (χ1v) is 5.53. The topological polar surface area (TPSA) is 70.2 Å². The van der Waals surface area contributed by atoms with Crippen molar-refractivity contribution in [1.29, 1.82) is 0 Å². The van der Waals surface area contributed by atoms with Gasteiger partial charge in [0.2, 0.25) is 11.8 Å². The Hall–Kier alpha value is -0.940.